The van der Waals surface area contributed by atoms with Crippen molar-refractivity contribution in [3.63, 3.8) is 0 Å². The van der Waals surface area contributed by atoms with Crippen LogP contribution < -0.4 is 5.32 Å². The molecule has 2 aromatic heterocycles. The van der Waals surface area contributed by atoms with Crippen LogP contribution in [0, 0.1) is 6.92 Å². The highest BCUT2D eigenvalue weighted by Gasteiger charge is 2.21. The van der Waals surface area contributed by atoms with Gasteiger partial charge in [0, 0.05) is 54.4 Å². The Morgan fingerprint density at radius 3 is 2.67 bits per heavy atom. The molecule has 3 heterocycles. The van der Waals surface area contributed by atoms with Gasteiger partial charge in [0.2, 0.25) is 0 Å². The van der Waals surface area contributed by atoms with E-state index in [0.29, 0.717) is 29.8 Å². The first-order valence-corrected chi connectivity index (χ1v) is 13.9. The largest absolute Gasteiger partial charge is 0.322 e. The molecule has 1 aliphatic rings. The lowest BCUT2D eigenvalue weighted by molar-refractivity contribution is 0.102. The Hall–Kier alpha value is -3.90. The second-order valence-corrected chi connectivity index (χ2v) is 10.8. The molecule has 1 unspecified atom stereocenters. The fourth-order valence-corrected chi connectivity index (χ4v) is 5.29. The topological polar surface area (TPSA) is 71.0 Å². The van der Waals surface area contributed by atoms with E-state index in [4.69, 9.17) is 4.98 Å². The van der Waals surface area contributed by atoms with Gasteiger partial charge in [0.05, 0.1) is 5.69 Å². The molecule has 0 aliphatic carbocycles. The van der Waals surface area contributed by atoms with Gasteiger partial charge in [0.15, 0.2) is 0 Å². The zero-order valence-corrected chi connectivity index (χ0v) is 23.1. The molecule has 1 N–H and O–H groups in total. The summed E-state index contributed by atoms with van der Waals surface area (Å²) in [4.78, 5) is 29.1. The lowest BCUT2D eigenvalue weighted by atomic mass is 9.94. The molecule has 6 heteroatoms. The van der Waals surface area contributed by atoms with E-state index in [1.807, 2.05) is 48.5 Å². The van der Waals surface area contributed by atoms with Gasteiger partial charge >= 0.3 is 0 Å². The van der Waals surface area contributed by atoms with Gasteiger partial charge in [-0.2, -0.15) is 0 Å². The maximum atomic E-state index is 13.2. The Morgan fingerprint density at radius 2 is 1.90 bits per heavy atom. The summed E-state index contributed by atoms with van der Waals surface area (Å²) in [5, 5.41) is 3.08. The molecule has 39 heavy (non-hydrogen) atoms. The predicted molar refractivity (Wildman–Crippen MR) is 157 cm³/mol. The Balaban J connectivity index is 1.26. The minimum Gasteiger partial charge on any atom is -0.322 e. The molecule has 0 spiro atoms. The number of carbonyl (C=O) groups excluding carboxylic acids is 1. The van der Waals surface area contributed by atoms with E-state index in [0.717, 1.165) is 34.6 Å². The normalized spacial score (nSPS) is 16.2. The van der Waals surface area contributed by atoms with E-state index in [1.54, 1.807) is 18.6 Å². The van der Waals surface area contributed by atoms with Gasteiger partial charge in [-0.25, -0.2) is 9.97 Å². The van der Waals surface area contributed by atoms with Crippen LogP contribution in [0.15, 0.2) is 79.3 Å². The van der Waals surface area contributed by atoms with Crippen LogP contribution >= 0.6 is 0 Å². The first kappa shape index (κ1) is 26.7. The molecule has 5 rings (SSSR count). The van der Waals surface area contributed by atoms with Crippen LogP contribution in [0.25, 0.3) is 11.3 Å². The molecule has 0 saturated carbocycles. The minimum absolute atomic E-state index is 0.116. The Morgan fingerprint density at radius 1 is 1.05 bits per heavy atom. The van der Waals surface area contributed by atoms with Crippen LogP contribution in [0.4, 0.5) is 5.69 Å². The first-order valence-electron chi connectivity index (χ1n) is 13.9. The number of nitrogens with one attached hydrogen (secondary N) is 1. The Kier molecular flexibility index (Phi) is 8.42. The molecule has 4 aromatic rings. The van der Waals surface area contributed by atoms with Gasteiger partial charge < -0.3 is 10.2 Å². The monoisotopic (exact) mass is 519 g/mol. The van der Waals surface area contributed by atoms with Gasteiger partial charge in [0.25, 0.3) is 5.91 Å². The van der Waals surface area contributed by atoms with Crippen molar-refractivity contribution in [2.45, 2.75) is 58.4 Å². The molecule has 1 aliphatic heterocycles. The minimum atomic E-state index is -0.116. The summed E-state index contributed by atoms with van der Waals surface area (Å²) in [5.41, 5.74) is 6.71. The van der Waals surface area contributed by atoms with E-state index in [1.165, 1.54) is 31.4 Å². The van der Waals surface area contributed by atoms with Crippen LogP contribution in [0.3, 0.4) is 0 Å². The number of hydrogen-bond acceptors (Lipinski definition) is 5. The number of aromatic nitrogens is 3. The summed E-state index contributed by atoms with van der Waals surface area (Å²) in [7, 11) is 0. The molecule has 0 radical (unpaired) electrons. The maximum Gasteiger partial charge on any atom is 0.255 e. The van der Waals surface area contributed by atoms with E-state index in [-0.39, 0.29) is 5.91 Å². The quantitative estimate of drug-likeness (QED) is 0.295. The van der Waals surface area contributed by atoms with E-state index < -0.39 is 0 Å². The van der Waals surface area contributed by atoms with Crippen LogP contribution in [0.5, 0.6) is 0 Å². The number of benzene rings is 2. The highest BCUT2D eigenvalue weighted by Crippen LogP contribution is 2.28. The summed E-state index contributed by atoms with van der Waals surface area (Å²) in [6, 6.07) is 20.6. The fourth-order valence-electron chi connectivity index (χ4n) is 5.29. The van der Waals surface area contributed by atoms with Crippen LogP contribution in [0.2, 0.25) is 0 Å². The third kappa shape index (κ3) is 6.76. The third-order valence-corrected chi connectivity index (χ3v) is 7.70. The number of amides is 1. The van der Waals surface area contributed by atoms with Crippen molar-refractivity contribution in [2.75, 3.05) is 18.4 Å². The fraction of sp³-hybridized carbons (Fsp3) is 0.333. The zero-order valence-electron chi connectivity index (χ0n) is 23.1. The third-order valence-electron chi connectivity index (χ3n) is 7.70. The van der Waals surface area contributed by atoms with Crippen molar-refractivity contribution in [3.05, 3.63) is 107 Å². The van der Waals surface area contributed by atoms with Crippen molar-refractivity contribution in [2.24, 2.45) is 0 Å². The zero-order chi connectivity index (χ0) is 27.2. The van der Waals surface area contributed by atoms with Crippen LogP contribution in [-0.4, -0.2) is 44.9 Å². The number of aryl methyl sites for hydroxylation is 1. The standard InChI is InChI=1S/C33H37N5O/c1-23(2)38-18-5-4-7-28(22-38)25-11-13-30(14-12-25)36-33(39)26-10-9-24(3)29(19-26)20-32-35-17-15-31(37-32)27-8-6-16-34-21-27/h6,8-17,19,21,23,28H,4-5,7,18,20,22H2,1-3H3,(H,36,39). The van der Waals surface area contributed by atoms with Crippen molar-refractivity contribution in [3.8, 4) is 11.3 Å². The van der Waals surface area contributed by atoms with E-state index >= 15 is 0 Å². The smallest absolute Gasteiger partial charge is 0.255 e. The predicted octanol–water partition coefficient (Wildman–Crippen LogP) is 6.67. The molecule has 1 amide bonds. The Labute approximate surface area is 231 Å². The number of hydrogen-bond donors (Lipinski definition) is 1. The number of anilines is 1. The number of nitrogens with zero attached hydrogens (tertiary/aromatic N) is 4. The molecular formula is C33H37N5O. The lowest BCUT2D eigenvalue weighted by Gasteiger charge is -2.28. The van der Waals surface area contributed by atoms with Gasteiger partial charge in [-0.1, -0.05) is 24.6 Å². The summed E-state index contributed by atoms with van der Waals surface area (Å²) in [5.74, 6) is 1.13. The van der Waals surface area contributed by atoms with Gasteiger partial charge in [-0.05, 0) is 105 Å². The molecule has 2 aromatic carbocycles. The van der Waals surface area contributed by atoms with Crippen molar-refractivity contribution >= 4 is 11.6 Å². The van der Waals surface area contributed by atoms with E-state index in [9.17, 15) is 4.79 Å². The number of carbonyl (C=O) groups is 1. The summed E-state index contributed by atoms with van der Waals surface area (Å²) < 4.78 is 0. The lowest BCUT2D eigenvalue weighted by Crippen LogP contribution is -2.33. The highest BCUT2D eigenvalue weighted by molar-refractivity contribution is 6.04. The van der Waals surface area contributed by atoms with Gasteiger partial charge in [-0.3, -0.25) is 9.78 Å². The summed E-state index contributed by atoms with van der Waals surface area (Å²) >= 11 is 0. The van der Waals surface area contributed by atoms with Crippen LogP contribution in [-0.2, 0) is 6.42 Å². The number of rotatable bonds is 7. The SMILES string of the molecule is Cc1ccc(C(=O)Nc2ccc(C3CCCCN(C(C)C)C3)cc2)cc1Cc1nccc(-c2cccnc2)n1. The van der Waals surface area contributed by atoms with Gasteiger partial charge in [-0.15, -0.1) is 0 Å². The molecule has 200 valence electrons. The Bertz CT molecular complexity index is 1400. The average Bonchev–Trinajstić information content (AvgIpc) is 3.22. The number of pyridine rings is 1. The van der Waals surface area contributed by atoms with Crippen molar-refractivity contribution in [1.82, 2.24) is 19.9 Å². The summed E-state index contributed by atoms with van der Waals surface area (Å²) in [6.07, 6.45) is 9.62. The second kappa shape index (κ2) is 12.3. The molecule has 6 nitrogen and oxygen atoms in total. The molecule has 0 bridgehead atoms. The van der Waals surface area contributed by atoms with Crippen molar-refractivity contribution < 1.29 is 4.79 Å². The maximum absolute atomic E-state index is 13.2. The first-order chi connectivity index (χ1) is 19.0. The summed E-state index contributed by atoms with van der Waals surface area (Å²) in [6.45, 7) is 8.90. The van der Waals surface area contributed by atoms with Gasteiger partial charge in [0.1, 0.15) is 5.82 Å². The molecule has 1 atom stereocenters. The molecule has 1 fully saturated rings. The highest BCUT2D eigenvalue weighted by atomic mass is 16.1. The number of likely N-dealkylation sites (tertiary alicyclic amines) is 1. The van der Waals surface area contributed by atoms with Crippen LogP contribution in [0.1, 0.15) is 71.9 Å². The molecule has 1 saturated heterocycles. The molecular weight excluding hydrogens is 482 g/mol. The second-order valence-electron chi connectivity index (χ2n) is 10.8. The van der Waals surface area contributed by atoms with E-state index in [2.05, 4.69) is 53.1 Å². The van der Waals surface area contributed by atoms with Crippen molar-refractivity contribution in [1.29, 1.82) is 0 Å². The average molecular weight is 520 g/mol.